The van der Waals surface area contributed by atoms with Gasteiger partial charge in [0, 0.05) is 12.8 Å². The number of hydrogen-bond acceptors (Lipinski definition) is 15. The smallest absolute Gasteiger partial charge is 0.326 e. The Kier molecular flexibility index (Phi) is 25.1. The maximum Gasteiger partial charge on any atom is 0.326 e. The molecule has 360 valence electrons. The average molecular weight is 912 g/mol. The van der Waals surface area contributed by atoms with E-state index in [9.17, 15) is 73.8 Å². The van der Waals surface area contributed by atoms with Crippen molar-refractivity contribution in [2.24, 2.45) is 23.3 Å². The Morgan fingerprint density at radius 1 is 0.547 bits per heavy atom. The summed E-state index contributed by atoms with van der Waals surface area (Å²) >= 11 is 0. The molecule has 24 nitrogen and oxygen atoms in total. The average Bonchev–Trinajstić information content (AvgIpc) is 3.23. The number of phenols is 1. The van der Waals surface area contributed by atoms with Gasteiger partial charge in [-0.05, 0) is 68.2 Å². The third-order valence-electron chi connectivity index (χ3n) is 9.66. The fraction of sp³-hybridized carbons (Fsp3) is 0.625. The van der Waals surface area contributed by atoms with Crippen molar-refractivity contribution in [2.45, 2.75) is 121 Å². The number of aliphatic carboxylic acids is 2. The molecule has 17 N–H and O–H groups in total. The van der Waals surface area contributed by atoms with Crippen LogP contribution in [0.4, 0.5) is 0 Å². The van der Waals surface area contributed by atoms with E-state index in [1.807, 2.05) is 0 Å². The largest absolute Gasteiger partial charge is 0.508 e. The van der Waals surface area contributed by atoms with E-state index < -0.39 is 134 Å². The Morgan fingerprint density at radius 3 is 1.34 bits per heavy atom. The van der Waals surface area contributed by atoms with Crippen LogP contribution in [0.2, 0.25) is 0 Å². The maximum absolute atomic E-state index is 13.5. The highest BCUT2D eigenvalue weighted by Gasteiger charge is 2.34. The summed E-state index contributed by atoms with van der Waals surface area (Å²) in [5.74, 6) is -10.6. The molecule has 1 rings (SSSR count). The minimum Gasteiger partial charge on any atom is -0.508 e. The summed E-state index contributed by atoms with van der Waals surface area (Å²) in [5, 5.41) is 74.5. The van der Waals surface area contributed by atoms with Crippen LogP contribution < -0.4 is 48.7 Å². The van der Waals surface area contributed by atoms with Crippen molar-refractivity contribution >= 4 is 53.3 Å². The van der Waals surface area contributed by atoms with E-state index in [0.29, 0.717) is 18.4 Å². The third kappa shape index (κ3) is 20.0. The lowest BCUT2D eigenvalue weighted by atomic mass is 10.0. The predicted molar refractivity (Wildman–Crippen MR) is 226 cm³/mol. The Hall–Kier alpha value is -5.95. The van der Waals surface area contributed by atoms with E-state index in [2.05, 4.69) is 37.2 Å². The summed E-state index contributed by atoms with van der Waals surface area (Å²) < 4.78 is 0. The molecule has 0 fully saturated rings. The van der Waals surface area contributed by atoms with Crippen molar-refractivity contribution in [3.8, 4) is 5.75 Å². The number of benzene rings is 1. The Balaban J connectivity index is 3.16. The Bertz CT molecular complexity index is 1730. The number of nitrogens with two attached hydrogens (primary N) is 2. The molecule has 0 saturated heterocycles. The second-order valence-electron chi connectivity index (χ2n) is 15.8. The van der Waals surface area contributed by atoms with Gasteiger partial charge in [0.15, 0.2) is 0 Å². The highest BCUT2D eigenvalue weighted by molar-refractivity contribution is 5.97. The summed E-state index contributed by atoms with van der Waals surface area (Å²) in [4.78, 5) is 116. The van der Waals surface area contributed by atoms with Crippen LogP contribution in [0.1, 0.15) is 71.8 Å². The zero-order valence-electron chi connectivity index (χ0n) is 36.4. The Morgan fingerprint density at radius 2 is 0.938 bits per heavy atom. The topological polar surface area (TPSA) is 411 Å². The molecule has 0 unspecified atom stereocenters. The number of unbranched alkanes of at least 4 members (excludes halogenated alkanes) is 1. The number of carboxylic acid groups (broad SMARTS) is 2. The van der Waals surface area contributed by atoms with Gasteiger partial charge in [0.2, 0.25) is 41.4 Å². The number of phenolic OH excluding ortho intramolecular Hbond substituents is 1. The molecule has 1 aromatic rings. The van der Waals surface area contributed by atoms with Crippen LogP contribution >= 0.6 is 0 Å². The van der Waals surface area contributed by atoms with Crippen molar-refractivity contribution < 1.29 is 73.8 Å². The molecule has 0 aliphatic rings. The molecular formula is C40H65N9O15. The first kappa shape index (κ1) is 56.1. The quantitative estimate of drug-likeness (QED) is 0.0323. The normalized spacial score (nSPS) is 14.9. The first-order chi connectivity index (χ1) is 30.1. The van der Waals surface area contributed by atoms with E-state index >= 15 is 0 Å². The fourth-order valence-corrected chi connectivity index (χ4v) is 5.86. The van der Waals surface area contributed by atoms with Crippen LogP contribution in [0.25, 0.3) is 0 Å². The molecule has 0 saturated carbocycles. The number of aromatic hydroxyl groups is 1. The van der Waals surface area contributed by atoms with Crippen LogP contribution in [-0.4, -0.2) is 159 Å². The summed E-state index contributed by atoms with van der Waals surface area (Å²) in [6.45, 7) is 3.87. The van der Waals surface area contributed by atoms with Gasteiger partial charge >= 0.3 is 11.9 Å². The zero-order chi connectivity index (χ0) is 48.7. The van der Waals surface area contributed by atoms with Gasteiger partial charge in [-0.1, -0.05) is 39.8 Å². The first-order valence-electron chi connectivity index (χ1n) is 20.7. The van der Waals surface area contributed by atoms with Gasteiger partial charge in [0.25, 0.3) is 0 Å². The molecule has 24 heteroatoms. The second kappa shape index (κ2) is 28.7. The van der Waals surface area contributed by atoms with Gasteiger partial charge in [-0.15, -0.1) is 0 Å². The van der Waals surface area contributed by atoms with E-state index in [4.69, 9.17) is 11.5 Å². The van der Waals surface area contributed by atoms with Gasteiger partial charge < -0.3 is 79.3 Å². The van der Waals surface area contributed by atoms with E-state index in [1.54, 1.807) is 27.7 Å². The number of aliphatic hydroxyl groups excluding tert-OH is 3. The predicted octanol–water partition coefficient (Wildman–Crippen LogP) is -4.59. The number of rotatable bonds is 30. The van der Waals surface area contributed by atoms with Gasteiger partial charge in [0.05, 0.1) is 25.9 Å². The molecule has 8 atom stereocenters. The molecule has 0 bridgehead atoms. The molecule has 64 heavy (non-hydrogen) atoms. The maximum atomic E-state index is 13.5. The summed E-state index contributed by atoms with van der Waals surface area (Å²) in [7, 11) is 0. The minimum absolute atomic E-state index is 0.0783. The lowest BCUT2D eigenvalue weighted by Gasteiger charge is -2.27. The van der Waals surface area contributed by atoms with Crippen molar-refractivity contribution in [3.05, 3.63) is 29.8 Å². The summed E-state index contributed by atoms with van der Waals surface area (Å²) in [5.41, 5.74) is 11.9. The number of carbonyl (C=O) groups is 9. The molecule has 1 aromatic carbocycles. The minimum atomic E-state index is -1.79. The molecule has 0 aliphatic carbocycles. The zero-order valence-corrected chi connectivity index (χ0v) is 36.4. The molecule has 0 spiro atoms. The van der Waals surface area contributed by atoms with E-state index in [-0.39, 0.29) is 43.4 Å². The van der Waals surface area contributed by atoms with Crippen molar-refractivity contribution in [3.63, 3.8) is 0 Å². The molecular weight excluding hydrogens is 846 g/mol. The summed E-state index contributed by atoms with van der Waals surface area (Å²) in [6.07, 6.45) is -0.486. The SMILES string of the molecule is CC(C)C[C@H](NC(=O)[C@H](CO)NC(=O)[C@H](CCC(=O)O)NC(=O)[C@H](CCCCN)NC(=O)[C@@H](N)C(C)C)C(=O)N[C@@H](CO)C(=O)N[C@@H](CO)C(=O)N[C@@H](Cc1ccc(O)cc1)C(=O)O. The number of aliphatic hydroxyl groups is 3. The van der Waals surface area contributed by atoms with Crippen molar-refractivity contribution in [2.75, 3.05) is 26.4 Å². The lowest BCUT2D eigenvalue weighted by Crippen LogP contribution is -2.61. The van der Waals surface area contributed by atoms with E-state index in [1.165, 1.54) is 24.3 Å². The van der Waals surface area contributed by atoms with E-state index in [0.717, 1.165) is 0 Å². The number of hydrogen-bond donors (Lipinski definition) is 15. The highest BCUT2D eigenvalue weighted by atomic mass is 16.4. The number of nitrogens with one attached hydrogen (secondary N) is 7. The molecule has 0 heterocycles. The highest BCUT2D eigenvalue weighted by Crippen LogP contribution is 2.12. The van der Waals surface area contributed by atoms with Gasteiger partial charge in [0.1, 0.15) is 48.0 Å². The van der Waals surface area contributed by atoms with Crippen LogP contribution in [0.15, 0.2) is 24.3 Å². The summed E-state index contributed by atoms with van der Waals surface area (Å²) in [6, 6.07) is -6.66. The van der Waals surface area contributed by atoms with Gasteiger partial charge in [-0.2, -0.15) is 0 Å². The molecule has 0 radical (unpaired) electrons. The van der Waals surface area contributed by atoms with Crippen LogP contribution in [0.3, 0.4) is 0 Å². The van der Waals surface area contributed by atoms with Crippen LogP contribution in [0.5, 0.6) is 5.75 Å². The van der Waals surface area contributed by atoms with Gasteiger partial charge in [-0.25, -0.2) is 4.79 Å². The Labute approximate surface area is 370 Å². The van der Waals surface area contributed by atoms with Crippen LogP contribution in [0, 0.1) is 11.8 Å². The van der Waals surface area contributed by atoms with Crippen molar-refractivity contribution in [1.82, 2.24) is 37.2 Å². The molecule has 7 amide bonds. The number of amides is 7. The number of carbonyl (C=O) groups excluding carboxylic acids is 7. The standard InChI is InChI=1S/C40H65N9O15/c1-20(2)15-26(35(58)48-30(19-52)38(61)49-29(18-51)37(60)46-27(40(63)64)16-22-8-10-23(53)11-9-22)45-36(59)28(17-50)47-34(57)25(12-13-31(54)55)43-33(56)24(7-5-6-14-41)44-39(62)32(42)21(3)4/h8-11,20-21,24-30,32,50-53H,5-7,12-19,41-42H2,1-4H3,(H,43,56)(H,44,62)(H,45,59)(H,46,60)(H,47,57)(H,48,58)(H,49,61)(H,54,55)(H,63,64)/t24-,25-,26-,27-,28-,29-,30-,32-/m0/s1. The van der Waals surface area contributed by atoms with Crippen LogP contribution in [-0.2, 0) is 49.6 Å². The third-order valence-corrected chi connectivity index (χ3v) is 9.66. The first-order valence-corrected chi connectivity index (χ1v) is 20.7. The van der Waals surface area contributed by atoms with Crippen molar-refractivity contribution in [1.29, 1.82) is 0 Å². The number of carboxylic acids is 2. The fourth-order valence-electron chi connectivity index (χ4n) is 5.86. The second-order valence-corrected chi connectivity index (χ2v) is 15.8. The molecule has 0 aromatic heterocycles. The van der Waals surface area contributed by atoms with Gasteiger partial charge in [-0.3, -0.25) is 38.4 Å². The molecule has 0 aliphatic heterocycles. The lowest BCUT2D eigenvalue weighted by molar-refractivity contribution is -0.142. The monoisotopic (exact) mass is 911 g/mol.